The van der Waals surface area contributed by atoms with Crippen LogP contribution in [0, 0.1) is 0 Å². The van der Waals surface area contributed by atoms with Crippen LogP contribution in [0.1, 0.15) is 69.8 Å². The van der Waals surface area contributed by atoms with Crippen molar-refractivity contribution in [3.8, 4) is 0 Å². The molecule has 0 aromatic carbocycles. The second-order valence-corrected chi connectivity index (χ2v) is 9.37. The van der Waals surface area contributed by atoms with Gasteiger partial charge in [0.25, 0.3) is 0 Å². The fourth-order valence-corrected chi connectivity index (χ4v) is 4.57. The summed E-state index contributed by atoms with van der Waals surface area (Å²) in [6.45, 7) is 5.45. The number of unbranched alkanes of at least 4 members (excludes halogenated alkanes) is 3. The molecule has 1 N–H and O–H groups in total. The Kier molecular flexibility index (Phi) is 12.8. The van der Waals surface area contributed by atoms with Crippen molar-refractivity contribution in [1.29, 1.82) is 0 Å². The quantitative estimate of drug-likeness (QED) is 0.246. The lowest BCUT2D eigenvalue weighted by Gasteiger charge is -2.34. The van der Waals surface area contributed by atoms with Crippen molar-refractivity contribution in [2.45, 2.75) is 70.3 Å². The number of hydrogen-bond acceptors (Lipinski definition) is 6. The third-order valence-electron chi connectivity index (χ3n) is 6.62. The van der Waals surface area contributed by atoms with Crippen LogP contribution in [0.2, 0.25) is 0 Å². The third-order valence-corrected chi connectivity index (χ3v) is 6.62. The number of carbonyl (C=O) groups excluding carboxylic acids is 2. The Balaban J connectivity index is 1.28. The molecule has 2 amide bonds. The van der Waals surface area contributed by atoms with Gasteiger partial charge in [-0.05, 0) is 43.4 Å². The van der Waals surface area contributed by atoms with Gasteiger partial charge in [0.15, 0.2) is 0 Å². The molecule has 1 aromatic heterocycles. The summed E-state index contributed by atoms with van der Waals surface area (Å²) in [7, 11) is 0. The summed E-state index contributed by atoms with van der Waals surface area (Å²) in [5.74, 6) is 0.0223. The van der Waals surface area contributed by atoms with Gasteiger partial charge in [0, 0.05) is 51.1 Å². The summed E-state index contributed by atoms with van der Waals surface area (Å²) >= 11 is 0. The van der Waals surface area contributed by atoms with Crippen LogP contribution in [0.15, 0.2) is 30.6 Å². The van der Waals surface area contributed by atoms with Crippen molar-refractivity contribution in [2.75, 3.05) is 46.0 Å². The van der Waals surface area contributed by atoms with Gasteiger partial charge in [-0.15, -0.1) is 0 Å². The number of morpholine rings is 1. The van der Waals surface area contributed by atoms with Gasteiger partial charge >= 0.3 is 0 Å². The molecule has 8 nitrogen and oxygen atoms in total. The van der Waals surface area contributed by atoms with Crippen LogP contribution in [0.25, 0.3) is 6.08 Å². The van der Waals surface area contributed by atoms with Gasteiger partial charge in [-0.3, -0.25) is 24.3 Å². The van der Waals surface area contributed by atoms with Gasteiger partial charge in [0.2, 0.25) is 11.8 Å². The van der Waals surface area contributed by atoms with E-state index in [0.29, 0.717) is 19.6 Å². The SMILES string of the molecule is O=C(C=Cc1cccnc1)NCCCCCCC(=O)N(OCCN1CCOCC1)C1CCCCC1. The number of aromatic nitrogens is 1. The molecule has 1 aliphatic carbocycles. The van der Waals surface area contributed by atoms with Gasteiger partial charge in [-0.25, -0.2) is 5.06 Å². The molecule has 2 heterocycles. The van der Waals surface area contributed by atoms with Crippen LogP contribution < -0.4 is 5.32 Å². The Labute approximate surface area is 210 Å². The average molecular weight is 487 g/mol. The van der Waals surface area contributed by atoms with Crippen LogP contribution >= 0.6 is 0 Å². The van der Waals surface area contributed by atoms with E-state index >= 15 is 0 Å². The minimum Gasteiger partial charge on any atom is -0.379 e. The van der Waals surface area contributed by atoms with Crippen molar-refractivity contribution in [2.24, 2.45) is 0 Å². The van der Waals surface area contributed by atoms with Crippen LogP contribution in [0.4, 0.5) is 0 Å². The standard InChI is InChI=1S/C27H42N4O4/c32-26(14-13-24-9-8-15-28-23-24)29-16-7-2-1-6-12-27(33)31(25-10-4-3-5-11-25)35-22-19-30-17-20-34-21-18-30/h8-9,13-15,23,25H,1-7,10-12,16-22H2,(H,29,32). The summed E-state index contributed by atoms with van der Waals surface area (Å²) in [5, 5.41) is 4.63. The largest absolute Gasteiger partial charge is 0.379 e. The molecule has 1 aliphatic heterocycles. The molecule has 8 heteroatoms. The van der Waals surface area contributed by atoms with Gasteiger partial charge in [-0.1, -0.05) is 38.2 Å². The van der Waals surface area contributed by atoms with Gasteiger partial charge in [0.05, 0.1) is 25.9 Å². The molecule has 0 atom stereocenters. The Morgan fingerprint density at radius 2 is 1.94 bits per heavy atom. The highest BCUT2D eigenvalue weighted by Crippen LogP contribution is 2.24. The fraction of sp³-hybridized carbons (Fsp3) is 0.667. The van der Waals surface area contributed by atoms with Gasteiger partial charge < -0.3 is 10.1 Å². The first-order valence-corrected chi connectivity index (χ1v) is 13.3. The van der Waals surface area contributed by atoms with Crippen LogP contribution in [-0.4, -0.2) is 78.8 Å². The molecule has 3 rings (SSSR count). The molecule has 0 spiro atoms. The van der Waals surface area contributed by atoms with Crippen molar-refractivity contribution in [3.63, 3.8) is 0 Å². The molecular weight excluding hydrogens is 444 g/mol. The first kappa shape index (κ1) is 27.3. The second-order valence-electron chi connectivity index (χ2n) is 9.37. The molecule has 0 radical (unpaired) electrons. The smallest absolute Gasteiger partial charge is 0.246 e. The number of nitrogens with zero attached hydrogens (tertiary/aromatic N) is 3. The van der Waals surface area contributed by atoms with Gasteiger partial charge in [-0.2, -0.15) is 0 Å². The molecule has 2 fully saturated rings. The Morgan fingerprint density at radius 1 is 1.14 bits per heavy atom. The summed E-state index contributed by atoms with van der Waals surface area (Å²) < 4.78 is 5.41. The van der Waals surface area contributed by atoms with E-state index in [1.54, 1.807) is 23.5 Å². The lowest BCUT2D eigenvalue weighted by atomic mass is 9.95. The number of hydroxylamine groups is 2. The van der Waals surface area contributed by atoms with E-state index in [1.807, 2.05) is 12.1 Å². The Bertz CT molecular complexity index is 762. The van der Waals surface area contributed by atoms with E-state index in [0.717, 1.165) is 76.9 Å². The lowest BCUT2D eigenvalue weighted by molar-refractivity contribution is -0.205. The number of nitrogens with one attached hydrogen (secondary N) is 1. The van der Waals surface area contributed by atoms with E-state index in [9.17, 15) is 9.59 Å². The number of ether oxygens (including phenoxy) is 1. The predicted molar refractivity (Wildman–Crippen MR) is 136 cm³/mol. The molecule has 0 unspecified atom stereocenters. The van der Waals surface area contributed by atoms with Crippen molar-refractivity contribution in [3.05, 3.63) is 36.2 Å². The number of pyridine rings is 1. The summed E-state index contributed by atoms with van der Waals surface area (Å²) in [4.78, 5) is 37.3. The zero-order chi connectivity index (χ0) is 24.6. The number of hydrogen-bond donors (Lipinski definition) is 1. The van der Waals surface area contributed by atoms with Crippen molar-refractivity contribution in [1.82, 2.24) is 20.3 Å². The molecule has 2 aliphatic rings. The molecule has 1 saturated heterocycles. The highest BCUT2D eigenvalue weighted by atomic mass is 16.7. The zero-order valence-electron chi connectivity index (χ0n) is 21.0. The molecule has 35 heavy (non-hydrogen) atoms. The van der Waals surface area contributed by atoms with E-state index in [4.69, 9.17) is 9.57 Å². The molecular formula is C27H42N4O4. The number of amides is 2. The normalized spacial score (nSPS) is 17.5. The van der Waals surface area contributed by atoms with E-state index in [1.165, 1.54) is 25.3 Å². The maximum atomic E-state index is 13.0. The minimum absolute atomic E-state index is 0.0959. The highest BCUT2D eigenvalue weighted by Gasteiger charge is 2.26. The summed E-state index contributed by atoms with van der Waals surface area (Å²) in [6.07, 6.45) is 16.6. The third kappa shape index (κ3) is 10.9. The monoisotopic (exact) mass is 486 g/mol. The Morgan fingerprint density at radius 3 is 2.71 bits per heavy atom. The maximum Gasteiger partial charge on any atom is 0.246 e. The van der Waals surface area contributed by atoms with Crippen molar-refractivity contribution < 1.29 is 19.2 Å². The number of carbonyl (C=O) groups is 2. The maximum absolute atomic E-state index is 13.0. The summed E-state index contributed by atoms with van der Waals surface area (Å²) in [6, 6.07) is 3.97. The van der Waals surface area contributed by atoms with Crippen LogP contribution in [0.5, 0.6) is 0 Å². The number of rotatable bonds is 14. The second kappa shape index (κ2) is 16.4. The predicted octanol–water partition coefficient (Wildman–Crippen LogP) is 3.59. The fourth-order valence-electron chi connectivity index (χ4n) is 4.57. The molecule has 194 valence electrons. The highest BCUT2D eigenvalue weighted by molar-refractivity contribution is 5.91. The van der Waals surface area contributed by atoms with Crippen LogP contribution in [0.3, 0.4) is 0 Å². The van der Waals surface area contributed by atoms with Crippen LogP contribution in [-0.2, 0) is 19.2 Å². The van der Waals surface area contributed by atoms with E-state index in [-0.39, 0.29) is 17.9 Å². The minimum atomic E-state index is -0.0959. The van der Waals surface area contributed by atoms with E-state index < -0.39 is 0 Å². The molecule has 1 saturated carbocycles. The average Bonchev–Trinajstić information content (AvgIpc) is 2.91. The zero-order valence-corrected chi connectivity index (χ0v) is 21.0. The Hall–Kier alpha value is -2.29. The van der Waals surface area contributed by atoms with E-state index in [2.05, 4.69) is 15.2 Å². The topological polar surface area (TPSA) is 84.0 Å². The lowest BCUT2D eigenvalue weighted by Crippen LogP contribution is -2.44. The molecule has 1 aromatic rings. The van der Waals surface area contributed by atoms with Gasteiger partial charge in [0.1, 0.15) is 0 Å². The molecule has 0 bridgehead atoms. The first-order chi connectivity index (χ1) is 17.2. The van der Waals surface area contributed by atoms with Crippen molar-refractivity contribution >= 4 is 17.9 Å². The summed E-state index contributed by atoms with van der Waals surface area (Å²) in [5.41, 5.74) is 0.902. The first-order valence-electron chi connectivity index (χ1n) is 13.3.